The number of aliphatic hydroxyl groups is 1. The zero-order valence-electron chi connectivity index (χ0n) is 10.3. The Balaban J connectivity index is 1.76. The molecule has 2 aromatic rings. The summed E-state index contributed by atoms with van der Waals surface area (Å²) >= 11 is 1.55. The van der Waals surface area contributed by atoms with Gasteiger partial charge in [0, 0.05) is 19.4 Å². The van der Waals surface area contributed by atoms with Gasteiger partial charge in [0.2, 0.25) is 17.6 Å². The number of rotatable bonds is 7. The SMILES string of the molecule is O=C(CCCc1nc(-c2cccs2)no1)NCCO. The van der Waals surface area contributed by atoms with Crippen molar-refractivity contribution in [2.45, 2.75) is 19.3 Å². The lowest BCUT2D eigenvalue weighted by Gasteiger charge is -2.00. The molecule has 19 heavy (non-hydrogen) atoms. The third-order valence-electron chi connectivity index (χ3n) is 2.44. The van der Waals surface area contributed by atoms with Gasteiger partial charge in [-0.3, -0.25) is 4.79 Å². The van der Waals surface area contributed by atoms with Gasteiger partial charge in [-0.25, -0.2) is 0 Å². The summed E-state index contributed by atoms with van der Waals surface area (Å²) in [6, 6.07) is 3.86. The molecule has 0 saturated carbocycles. The molecular formula is C12H15N3O3S. The van der Waals surface area contributed by atoms with E-state index < -0.39 is 0 Å². The van der Waals surface area contributed by atoms with Crippen molar-refractivity contribution in [1.29, 1.82) is 0 Å². The Kier molecular flexibility index (Phi) is 5.05. The van der Waals surface area contributed by atoms with E-state index in [4.69, 9.17) is 9.63 Å². The van der Waals surface area contributed by atoms with Gasteiger partial charge in [0.15, 0.2) is 0 Å². The Morgan fingerprint density at radius 3 is 3.16 bits per heavy atom. The molecule has 102 valence electrons. The second-order valence-corrected chi connectivity index (χ2v) is 4.86. The first-order valence-corrected chi connectivity index (χ1v) is 6.91. The van der Waals surface area contributed by atoms with Crippen LogP contribution in [0.2, 0.25) is 0 Å². The highest BCUT2D eigenvalue weighted by Gasteiger charge is 2.09. The van der Waals surface area contributed by atoms with Crippen molar-refractivity contribution in [3.8, 4) is 10.7 Å². The van der Waals surface area contributed by atoms with Crippen molar-refractivity contribution in [3.05, 3.63) is 23.4 Å². The summed E-state index contributed by atoms with van der Waals surface area (Å²) in [6.07, 6.45) is 1.60. The van der Waals surface area contributed by atoms with Gasteiger partial charge in [-0.1, -0.05) is 11.2 Å². The average molecular weight is 281 g/mol. The highest BCUT2D eigenvalue weighted by Crippen LogP contribution is 2.21. The Bertz CT molecular complexity index is 510. The minimum absolute atomic E-state index is 0.0421. The topological polar surface area (TPSA) is 88.2 Å². The molecule has 0 spiro atoms. The van der Waals surface area contributed by atoms with E-state index in [-0.39, 0.29) is 12.5 Å². The van der Waals surface area contributed by atoms with Gasteiger partial charge in [-0.2, -0.15) is 4.98 Å². The second kappa shape index (κ2) is 7.01. The fourth-order valence-corrected chi connectivity index (χ4v) is 2.20. The third kappa shape index (κ3) is 4.15. The second-order valence-electron chi connectivity index (χ2n) is 3.92. The van der Waals surface area contributed by atoms with E-state index in [9.17, 15) is 4.79 Å². The average Bonchev–Trinajstić information content (AvgIpc) is 3.06. The van der Waals surface area contributed by atoms with Gasteiger partial charge in [0.25, 0.3) is 0 Å². The number of hydrogen-bond donors (Lipinski definition) is 2. The molecule has 0 atom stereocenters. The summed E-state index contributed by atoms with van der Waals surface area (Å²) in [4.78, 5) is 16.5. The molecule has 0 unspecified atom stereocenters. The van der Waals surface area contributed by atoms with Gasteiger partial charge in [0.1, 0.15) is 0 Å². The standard InChI is InChI=1S/C12H15N3O3S/c16-7-6-13-10(17)4-1-5-11-14-12(15-18-11)9-3-2-8-19-9/h2-3,8,16H,1,4-7H2,(H,13,17). The van der Waals surface area contributed by atoms with Crippen LogP contribution in [0.15, 0.2) is 22.0 Å². The lowest BCUT2D eigenvalue weighted by Crippen LogP contribution is -2.26. The molecule has 2 rings (SSSR count). The number of nitrogens with one attached hydrogen (secondary N) is 1. The van der Waals surface area contributed by atoms with E-state index in [2.05, 4.69) is 15.5 Å². The molecular weight excluding hydrogens is 266 g/mol. The monoisotopic (exact) mass is 281 g/mol. The molecule has 0 fully saturated rings. The minimum Gasteiger partial charge on any atom is -0.395 e. The highest BCUT2D eigenvalue weighted by atomic mass is 32.1. The van der Waals surface area contributed by atoms with Crippen LogP contribution < -0.4 is 5.32 Å². The molecule has 2 aromatic heterocycles. The van der Waals surface area contributed by atoms with Crippen molar-refractivity contribution in [3.63, 3.8) is 0 Å². The van der Waals surface area contributed by atoms with E-state index in [1.807, 2.05) is 17.5 Å². The number of hydrogen-bond acceptors (Lipinski definition) is 6. The summed E-state index contributed by atoms with van der Waals surface area (Å²) in [5, 5.41) is 17.0. The number of aromatic nitrogens is 2. The molecule has 2 N–H and O–H groups in total. The first-order chi connectivity index (χ1) is 9.29. The smallest absolute Gasteiger partial charge is 0.226 e. The summed E-state index contributed by atoms with van der Waals surface area (Å²) in [5.74, 6) is 1.06. The van der Waals surface area contributed by atoms with Gasteiger partial charge in [-0.05, 0) is 17.9 Å². The Hall–Kier alpha value is -1.73. The number of carbonyl (C=O) groups excluding carboxylic acids is 1. The zero-order chi connectivity index (χ0) is 13.5. The fourth-order valence-electron chi connectivity index (χ4n) is 1.55. The summed E-state index contributed by atoms with van der Waals surface area (Å²) in [7, 11) is 0. The maximum absolute atomic E-state index is 11.3. The predicted octanol–water partition coefficient (Wildman–Crippen LogP) is 1.23. The van der Waals surface area contributed by atoms with E-state index in [0.29, 0.717) is 37.5 Å². The lowest BCUT2D eigenvalue weighted by atomic mass is 10.2. The van der Waals surface area contributed by atoms with E-state index in [0.717, 1.165) is 4.88 Å². The molecule has 7 heteroatoms. The summed E-state index contributed by atoms with van der Waals surface area (Å²) < 4.78 is 5.13. The molecule has 0 radical (unpaired) electrons. The predicted molar refractivity (Wildman–Crippen MR) is 70.6 cm³/mol. The molecule has 6 nitrogen and oxygen atoms in total. The number of thiophene rings is 1. The molecule has 0 aliphatic carbocycles. The number of carbonyl (C=O) groups is 1. The third-order valence-corrected chi connectivity index (χ3v) is 3.30. The van der Waals surface area contributed by atoms with Crippen LogP contribution in [0.3, 0.4) is 0 Å². The highest BCUT2D eigenvalue weighted by molar-refractivity contribution is 7.13. The fraction of sp³-hybridized carbons (Fsp3) is 0.417. The van der Waals surface area contributed by atoms with Crippen LogP contribution in [-0.2, 0) is 11.2 Å². The number of amides is 1. The van der Waals surface area contributed by atoms with Crippen molar-refractivity contribution in [1.82, 2.24) is 15.5 Å². The maximum atomic E-state index is 11.3. The number of aliphatic hydroxyl groups excluding tert-OH is 1. The zero-order valence-corrected chi connectivity index (χ0v) is 11.2. The summed E-state index contributed by atoms with van der Waals surface area (Å²) in [5.41, 5.74) is 0. The van der Waals surface area contributed by atoms with Crippen LogP contribution in [0.25, 0.3) is 10.7 Å². The van der Waals surface area contributed by atoms with Crippen molar-refractivity contribution < 1.29 is 14.4 Å². The van der Waals surface area contributed by atoms with Gasteiger partial charge < -0.3 is 14.9 Å². The van der Waals surface area contributed by atoms with Crippen LogP contribution in [0.5, 0.6) is 0 Å². The lowest BCUT2D eigenvalue weighted by molar-refractivity contribution is -0.121. The molecule has 0 aromatic carbocycles. The summed E-state index contributed by atoms with van der Waals surface area (Å²) in [6.45, 7) is 0.251. The largest absolute Gasteiger partial charge is 0.395 e. The normalized spacial score (nSPS) is 10.6. The van der Waals surface area contributed by atoms with E-state index in [1.165, 1.54) is 0 Å². The van der Waals surface area contributed by atoms with Crippen LogP contribution in [0, 0.1) is 0 Å². The maximum Gasteiger partial charge on any atom is 0.226 e. The molecule has 2 heterocycles. The molecule has 0 aliphatic heterocycles. The van der Waals surface area contributed by atoms with Crippen molar-refractivity contribution in [2.75, 3.05) is 13.2 Å². The number of nitrogens with zero attached hydrogens (tertiary/aromatic N) is 2. The van der Waals surface area contributed by atoms with Crippen LogP contribution >= 0.6 is 11.3 Å². The quantitative estimate of drug-likeness (QED) is 0.797. The van der Waals surface area contributed by atoms with Crippen LogP contribution in [-0.4, -0.2) is 34.3 Å². The first kappa shape index (κ1) is 13.7. The van der Waals surface area contributed by atoms with Crippen molar-refractivity contribution in [2.24, 2.45) is 0 Å². The minimum atomic E-state index is -0.0768. The van der Waals surface area contributed by atoms with Gasteiger partial charge in [0.05, 0.1) is 11.5 Å². The van der Waals surface area contributed by atoms with Crippen LogP contribution in [0.4, 0.5) is 0 Å². The number of aryl methyl sites for hydroxylation is 1. The Morgan fingerprint density at radius 1 is 1.53 bits per heavy atom. The molecule has 0 bridgehead atoms. The first-order valence-electron chi connectivity index (χ1n) is 6.03. The molecule has 0 aliphatic rings. The Labute approximate surface area is 114 Å². The van der Waals surface area contributed by atoms with Gasteiger partial charge >= 0.3 is 0 Å². The Morgan fingerprint density at radius 2 is 2.42 bits per heavy atom. The van der Waals surface area contributed by atoms with Crippen molar-refractivity contribution >= 4 is 17.2 Å². The van der Waals surface area contributed by atoms with Crippen LogP contribution in [0.1, 0.15) is 18.7 Å². The van der Waals surface area contributed by atoms with E-state index in [1.54, 1.807) is 11.3 Å². The van der Waals surface area contributed by atoms with E-state index >= 15 is 0 Å². The molecule has 1 amide bonds. The molecule has 0 saturated heterocycles. The van der Waals surface area contributed by atoms with Gasteiger partial charge in [-0.15, -0.1) is 11.3 Å².